The Bertz CT molecular complexity index is 596. The summed E-state index contributed by atoms with van der Waals surface area (Å²) in [7, 11) is -3.69. The fourth-order valence-electron chi connectivity index (χ4n) is 1.84. The van der Waals surface area contributed by atoms with Gasteiger partial charge in [0.15, 0.2) is 0 Å². The molecule has 0 spiro atoms. The van der Waals surface area contributed by atoms with Crippen LogP contribution in [0.5, 0.6) is 5.75 Å². The van der Waals surface area contributed by atoms with E-state index in [0.29, 0.717) is 12.0 Å². The third-order valence-electron chi connectivity index (χ3n) is 2.66. The molecule has 0 atom stereocenters. The van der Waals surface area contributed by atoms with E-state index in [4.69, 9.17) is 5.14 Å². The Balaban J connectivity index is 2.34. The number of benzene rings is 1. The lowest BCUT2D eigenvalue weighted by Gasteiger charge is -2.16. The molecule has 0 unspecified atom stereocenters. The molecule has 2 N–H and O–H groups in total. The molecule has 7 heteroatoms. The maximum Gasteiger partial charge on any atom is 0.387 e. The standard InChI is InChI=1S/C11H11F2NO3S/c12-11(13)17-9-3-1-8-6-10(18(14,15)16)4-2-7(8)5-9/h1,3,5-6,11H,2,4H2,(H2,14,15,16). The number of sulfonamides is 1. The molecule has 98 valence electrons. The summed E-state index contributed by atoms with van der Waals surface area (Å²) in [5.41, 5.74) is 1.42. The number of halogens is 2. The first-order valence-corrected chi connectivity index (χ1v) is 6.72. The number of allylic oxidation sites excluding steroid dienone is 1. The highest BCUT2D eigenvalue weighted by atomic mass is 32.2. The van der Waals surface area contributed by atoms with Crippen LogP contribution in [0.25, 0.3) is 6.08 Å². The van der Waals surface area contributed by atoms with Gasteiger partial charge in [-0.15, -0.1) is 0 Å². The molecule has 4 nitrogen and oxygen atoms in total. The van der Waals surface area contributed by atoms with Crippen molar-refractivity contribution in [2.45, 2.75) is 19.5 Å². The van der Waals surface area contributed by atoms with Crippen molar-refractivity contribution in [3.63, 3.8) is 0 Å². The highest BCUT2D eigenvalue weighted by molar-refractivity contribution is 7.93. The van der Waals surface area contributed by atoms with Crippen LogP contribution >= 0.6 is 0 Å². The van der Waals surface area contributed by atoms with Crippen molar-refractivity contribution in [1.82, 2.24) is 0 Å². The summed E-state index contributed by atoms with van der Waals surface area (Å²) in [5, 5.41) is 5.04. The van der Waals surface area contributed by atoms with Gasteiger partial charge < -0.3 is 4.74 Å². The average molecular weight is 275 g/mol. The van der Waals surface area contributed by atoms with Crippen molar-refractivity contribution in [2.75, 3.05) is 0 Å². The first-order chi connectivity index (χ1) is 8.36. The zero-order valence-electron chi connectivity index (χ0n) is 9.27. The number of hydrogen-bond donors (Lipinski definition) is 1. The molecule has 1 aliphatic carbocycles. The van der Waals surface area contributed by atoms with Crippen molar-refractivity contribution in [3.05, 3.63) is 34.2 Å². The third kappa shape index (κ3) is 2.85. The number of fused-ring (bicyclic) bond motifs is 1. The fraction of sp³-hybridized carbons (Fsp3) is 0.273. The minimum absolute atomic E-state index is 0.0659. The van der Waals surface area contributed by atoms with Crippen molar-refractivity contribution >= 4 is 16.1 Å². The first kappa shape index (κ1) is 13.0. The van der Waals surface area contributed by atoms with Gasteiger partial charge in [0.05, 0.1) is 4.91 Å². The quantitative estimate of drug-likeness (QED) is 0.915. The molecule has 0 radical (unpaired) electrons. The van der Waals surface area contributed by atoms with Crippen LogP contribution in [-0.4, -0.2) is 15.0 Å². The third-order valence-corrected chi connectivity index (χ3v) is 3.72. The lowest BCUT2D eigenvalue weighted by molar-refractivity contribution is -0.0498. The van der Waals surface area contributed by atoms with Crippen molar-refractivity contribution in [2.24, 2.45) is 5.14 Å². The van der Waals surface area contributed by atoms with Gasteiger partial charge in [0.2, 0.25) is 10.0 Å². The van der Waals surface area contributed by atoms with Crippen LogP contribution in [0.4, 0.5) is 8.78 Å². The minimum atomic E-state index is -3.69. The summed E-state index contributed by atoms with van der Waals surface area (Å²) in [6, 6.07) is 4.39. The largest absolute Gasteiger partial charge is 0.435 e. The molecule has 2 rings (SSSR count). The molecule has 0 amide bonds. The maximum absolute atomic E-state index is 12.0. The van der Waals surface area contributed by atoms with E-state index in [1.807, 2.05) is 0 Å². The second-order valence-corrected chi connectivity index (χ2v) is 5.51. The second kappa shape index (κ2) is 4.66. The number of rotatable bonds is 3. The fourth-order valence-corrected chi connectivity index (χ4v) is 2.52. The van der Waals surface area contributed by atoms with Crippen molar-refractivity contribution in [1.29, 1.82) is 0 Å². The Hall–Kier alpha value is -1.47. The topological polar surface area (TPSA) is 69.4 Å². The van der Waals surface area contributed by atoms with E-state index in [-0.39, 0.29) is 17.1 Å². The van der Waals surface area contributed by atoms with Gasteiger partial charge in [-0.2, -0.15) is 8.78 Å². The lowest BCUT2D eigenvalue weighted by atomic mass is 9.97. The lowest BCUT2D eigenvalue weighted by Crippen LogP contribution is -2.17. The van der Waals surface area contributed by atoms with Gasteiger partial charge in [-0.25, -0.2) is 13.6 Å². The molecule has 0 heterocycles. The van der Waals surface area contributed by atoms with Crippen LogP contribution in [0.15, 0.2) is 23.1 Å². The molecule has 0 saturated carbocycles. The molecule has 18 heavy (non-hydrogen) atoms. The van der Waals surface area contributed by atoms with Gasteiger partial charge >= 0.3 is 6.61 Å². The molecular weight excluding hydrogens is 264 g/mol. The van der Waals surface area contributed by atoms with Crippen molar-refractivity contribution < 1.29 is 21.9 Å². The molecule has 0 aliphatic heterocycles. The van der Waals surface area contributed by atoms with Gasteiger partial charge in [0, 0.05) is 0 Å². The van der Waals surface area contributed by atoms with E-state index in [0.717, 1.165) is 5.56 Å². The molecule has 0 aromatic heterocycles. The van der Waals surface area contributed by atoms with E-state index in [2.05, 4.69) is 4.74 Å². The summed E-state index contributed by atoms with van der Waals surface area (Å²) in [4.78, 5) is 0.150. The van der Waals surface area contributed by atoms with E-state index >= 15 is 0 Å². The number of aryl methyl sites for hydroxylation is 1. The van der Waals surface area contributed by atoms with Gasteiger partial charge in [-0.3, -0.25) is 0 Å². The number of nitrogens with two attached hydrogens (primary N) is 1. The first-order valence-electron chi connectivity index (χ1n) is 5.17. The number of alkyl halides is 2. The second-order valence-electron chi connectivity index (χ2n) is 3.89. The predicted molar refractivity (Wildman–Crippen MR) is 62.5 cm³/mol. The van der Waals surface area contributed by atoms with Crippen LogP contribution in [0.3, 0.4) is 0 Å². The van der Waals surface area contributed by atoms with Gasteiger partial charge in [0.25, 0.3) is 0 Å². The highest BCUT2D eigenvalue weighted by Gasteiger charge is 2.18. The molecular formula is C11H11F2NO3S. The Morgan fingerprint density at radius 2 is 2.00 bits per heavy atom. The Morgan fingerprint density at radius 1 is 1.28 bits per heavy atom. The summed E-state index contributed by atoms with van der Waals surface area (Å²) in [5.74, 6) is 0.0659. The highest BCUT2D eigenvalue weighted by Crippen LogP contribution is 2.29. The normalized spacial score (nSPS) is 15.2. The molecule has 0 saturated heterocycles. The van der Waals surface area contributed by atoms with Gasteiger partial charge in [-0.05, 0) is 42.2 Å². The number of ether oxygens (including phenoxy) is 1. The molecule has 1 aromatic carbocycles. The summed E-state index contributed by atoms with van der Waals surface area (Å²) in [6.45, 7) is -2.87. The van der Waals surface area contributed by atoms with E-state index in [9.17, 15) is 17.2 Å². The van der Waals surface area contributed by atoms with Crippen LogP contribution in [0.2, 0.25) is 0 Å². The van der Waals surface area contributed by atoms with Crippen LogP contribution in [0.1, 0.15) is 17.5 Å². The summed E-state index contributed by atoms with van der Waals surface area (Å²) in [6.07, 6.45) is 2.16. The van der Waals surface area contributed by atoms with Crippen LogP contribution in [0, 0.1) is 0 Å². The molecule has 0 bridgehead atoms. The maximum atomic E-state index is 12.0. The molecule has 1 aromatic rings. The SMILES string of the molecule is NS(=O)(=O)C1=Cc2ccc(OC(F)F)cc2CC1. The predicted octanol–water partition coefficient (Wildman–Crippen LogP) is 1.86. The smallest absolute Gasteiger partial charge is 0.387 e. The Labute approximate surface area is 103 Å². The zero-order chi connectivity index (χ0) is 13.3. The summed E-state index contributed by atoms with van der Waals surface area (Å²) < 4.78 is 50.7. The molecule has 0 fully saturated rings. The van der Waals surface area contributed by atoms with Gasteiger partial charge in [-0.1, -0.05) is 6.07 Å². The van der Waals surface area contributed by atoms with Crippen molar-refractivity contribution in [3.8, 4) is 5.75 Å². The minimum Gasteiger partial charge on any atom is -0.435 e. The van der Waals surface area contributed by atoms with E-state index in [1.165, 1.54) is 24.3 Å². The zero-order valence-corrected chi connectivity index (χ0v) is 10.1. The average Bonchev–Trinajstić information content (AvgIpc) is 2.26. The monoisotopic (exact) mass is 275 g/mol. The Kier molecular flexibility index (Phi) is 3.36. The van der Waals surface area contributed by atoms with E-state index < -0.39 is 16.6 Å². The van der Waals surface area contributed by atoms with Gasteiger partial charge in [0.1, 0.15) is 5.75 Å². The number of hydrogen-bond acceptors (Lipinski definition) is 3. The Morgan fingerprint density at radius 3 is 2.61 bits per heavy atom. The summed E-state index contributed by atoms with van der Waals surface area (Å²) >= 11 is 0. The van der Waals surface area contributed by atoms with Crippen LogP contribution in [-0.2, 0) is 16.4 Å². The van der Waals surface area contributed by atoms with E-state index in [1.54, 1.807) is 0 Å². The van der Waals surface area contributed by atoms with Crippen LogP contribution < -0.4 is 9.88 Å². The molecule has 1 aliphatic rings. The number of primary sulfonamides is 1.